The van der Waals surface area contributed by atoms with Gasteiger partial charge in [-0.05, 0) is 25.5 Å². The zero-order chi connectivity index (χ0) is 12.7. The van der Waals surface area contributed by atoms with Crippen LogP contribution in [0, 0.1) is 0 Å². The Bertz CT molecular complexity index is 362. The lowest BCUT2D eigenvalue weighted by molar-refractivity contribution is -0.139. The molecule has 94 valence electrons. The van der Waals surface area contributed by atoms with Crippen molar-refractivity contribution in [2.24, 2.45) is 0 Å². The van der Waals surface area contributed by atoms with Crippen LogP contribution in [0.2, 0.25) is 0 Å². The number of carbonyl (C=O) groups excluding carboxylic acids is 2. The van der Waals surface area contributed by atoms with Crippen LogP contribution >= 0.6 is 0 Å². The summed E-state index contributed by atoms with van der Waals surface area (Å²) < 4.78 is 5.00. The second-order valence-electron chi connectivity index (χ2n) is 3.44. The molecule has 0 aliphatic carbocycles. The SMILES string of the molecule is CCNC(=O)C(=O)NCCC(O)c1ccco1. The average molecular weight is 240 g/mol. The third-order valence-electron chi connectivity index (χ3n) is 2.12. The first-order valence-electron chi connectivity index (χ1n) is 5.42. The number of hydrogen-bond acceptors (Lipinski definition) is 4. The highest BCUT2D eigenvalue weighted by molar-refractivity contribution is 6.35. The molecule has 1 heterocycles. The van der Waals surface area contributed by atoms with E-state index in [1.54, 1.807) is 19.1 Å². The van der Waals surface area contributed by atoms with E-state index in [9.17, 15) is 14.7 Å². The van der Waals surface area contributed by atoms with Crippen molar-refractivity contribution >= 4 is 11.8 Å². The van der Waals surface area contributed by atoms with Crippen LogP contribution in [0.25, 0.3) is 0 Å². The Balaban J connectivity index is 2.24. The Kier molecular flexibility index (Phi) is 5.22. The first-order chi connectivity index (χ1) is 8.15. The molecular weight excluding hydrogens is 224 g/mol. The zero-order valence-corrected chi connectivity index (χ0v) is 9.60. The van der Waals surface area contributed by atoms with E-state index in [-0.39, 0.29) is 6.54 Å². The molecule has 3 N–H and O–H groups in total. The summed E-state index contributed by atoms with van der Waals surface area (Å²) in [5.74, 6) is -0.921. The molecule has 0 aliphatic heterocycles. The number of hydrogen-bond donors (Lipinski definition) is 3. The van der Waals surface area contributed by atoms with Gasteiger partial charge >= 0.3 is 11.8 Å². The molecule has 1 unspecified atom stereocenters. The van der Waals surface area contributed by atoms with Gasteiger partial charge in [0.2, 0.25) is 0 Å². The molecular formula is C11H16N2O4. The molecule has 0 fully saturated rings. The molecule has 1 aromatic heterocycles. The first kappa shape index (κ1) is 13.2. The van der Waals surface area contributed by atoms with Crippen molar-refractivity contribution in [3.63, 3.8) is 0 Å². The monoisotopic (exact) mass is 240 g/mol. The number of aliphatic hydroxyl groups excluding tert-OH is 1. The second-order valence-corrected chi connectivity index (χ2v) is 3.44. The average Bonchev–Trinajstić information content (AvgIpc) is 2.82. The highest BCUT2D eigenvalue weighted by atomic mass is 16.4. The summed E-state index contributed by atoms with van der Waals surface area (Å²) >= 11 is 0. The Labute approximate surface area is 99.0 Å². The fourth-order valence-corrected chi connectivity index (χ4v) is 1.27. The van der Waals surface area contributed by atoms with Gasteiger partial charge < -0.3 is 20.2 Å². The van der Waals surface area contributed by atoms with Gasteiger partial charge in [0.05, 0.1) is 6.26 Å². The molecule has 1 aromatic rings. The summed E-state index contributed by atoms with van der Waals surface area (Å²) in [7, 11) is 0. The number of furan rings is 1. The highest BCUT2D eigenvalue weighted by Crippen LogP contribution is 2.15. The van der Waals surface area contributed by atoms with E-state index >= 15 is 0 Å². The lowest BCUT2D eigenvalue weighted by Gasteiger charge is -2.08. The van der Waals surface area contributed by atoms with Crippen molar-refractivity contribution in [3.8, 4) is 0 Å². The Morgan fingerprint density at radius 3 is 2.71 bits per heavy atom. The molecule has 0 aromatic carbocycles. The largest absolute Gasteiger partial charge is 0.467 e. The van der Waals surface area contributed by atoms with Crippen LogP contribution in [0.1, 0.15) is 25.2 Å². The van der Waals surface area contributed by atoms with Crippen molar-refractivity contribution in [2.45, 2.75) is 19.4 Å². The highest BCUT2D eigenvalue weighted by Gasteiger charge is 2.14. The molecule has 0 radical (unpaired) electrons. The zero-order valence-electron chi connectivity index (χ0n) is 9.60. The number of rotatable bonds is 5. The van der Waals surface area contributed by atoms with E-state index in [4.69, 9.17) is 4.42 Å². The van der Waals surface area contributed by atoms with E-state index in [0.29, 0.717) is 18.7 Å². The third-order valence-corrected chi connectivity index (χ3v) is 2.12. The maximum Gasteiger partial charge on any atom is 0.309 e. The van der Waals surface area contributed by atoms with Crippen LogP contribution in [0.3, 0.4) is 0 Å². The van der Waals surface area contributed by atoms with E-state index in [1.807, 2.05) is 0 Å². The maximum absolute atomic E-state index is 11.2. The molecule has 0 saturated carbocycles. The molecule has 0 aliphatic rings. The van der Waals surface area contributed by atoms with Crippen molar-refractivity contribution in [1.82, 2.24) is 10.6 Å². The van der Waals surface area contributed by atoms with Crippen LogP contribution < -0.4 is 10.6 Å². The molecule has 1 rings (SSSR count). The predicted molar refractivity (Wildman–Crippen MR) is 60.0 cm³/mol. The Morgan fingerprint density at radius 2 is 2.12 bits per heavy atom. The number of carbonyl (C=O) groups is 2. The molecule has 0 bridgehead atoms. The number of aliphatic hydroxyl groups is 1. The minimum Gasteiger partial charge on any atom is -0.467 e. The number of nitrogens with one attached hydrogen (secondary N) is 2. The van der Waals surface area contributed by atoms with Crippen LogP contribution in [-0.2, 0) is 9.59 Å². The topological polar surface area (TPSA) is 91.6 Å². The van der Waals surface area contributed by atoms with Gasteiger partial charge in [-0.1, -0.05) is 0 Å². The fourth-order valence-electron chi connectivity index (χ4n) is 1.27. The minimum absolute atomic E-state index is 0.206. The Morgan fingerprint density at radius 1 is 1.41 bits per heavy atom. The third kappa shape index (κ3) is 4.28. The molecule has 2 amide bonds. The van der Waals surface area contributed by atoms with Crippen LogP contribution in [-0.4, -0.2) is 30.0 Å². The van der Waals surface area contributed by atoms with Crippen LogP contribution in [0.5, 0.6) is 0 Å². The van der Waals surface area contributed by atoms with Crippen molar-refractivity contribution in [1.29, 1.82) is 0 Å². The van der Waals surface area contributed by atoms with Crippen molar-refractivity contribution in [2.75, 3.05) is 13.1 Å². The molecule has 6 heteroatoms. The van der Waals surface area contributed by atoms with Gasteiger partial charge in [-0.15, -0.1) is 0 Å². The molecule has 0 spiro atoms. The van der Waals surface area contributed by atoms with Gasteiger partial charge in [0.15, 0.2) is 0 Å². The maximum atomic E-state index is 11.2. The van der Waals surface area contributed by atoms with Gasteiger partial charge in [0, 0.05) is 13.1 Å². The van der Waals surface area contributed by atoms with Crippen molar-refractivity contribution in [3.05, 3.63) is 24.2 Å². The van der Waals surface area contributed by atoms with Gasteiger partial charge in [0.1, 0.15) is 11.9 Å². The smallest absolute Gasteiger partial charge is 0.309 e. The fraction of sp³-hybridized carbons (Fsp3) is 0.455. The summed E-state index contributed by atoms with van der Waals surface area (Å²) in [6, 6.07) is 3.32. The summed E-state index contributed by atoms with van der Waals surface area (Å²) in [6.07, 6.45) is 0.976. The summed E-state index contributed by atoms with van der Waals surface area (Å²) in [5.41, 5.74) is 0. The summed E-state index contributed by atoms with van der Waals surface area (Å²) in [6.45, 7) is 2.34. The predicted octanol–water partition coefficient (Wildman–Crippen LogP) is -0.0446. The lowest BCUT2D eigenvalue weighted by atomic mass is 10.2. The second kappa shape index (κ2) is 6.70. The van der Waals surface area contributed by atoms with Crippen LogP contribution in [0.15, 0.2) is 22.8 Å². The first-order valence-corrected chi connectivity index (χ1v) is 5.42. The van der Waals surface area contributed by atoms with E-state index < -0.39 is 17.9 Å². The molecule has 0 saturated heterocycles. The molecule has 1 atom stereocenters. The van der Waals surface area contributed by atoms with Gasteiger partial charge in [-0.25, -0.2) is 0 Å². The van der Waals surface area contributed by atoms with Gasteiger partial charge in [0.25, 0.3) is 0 Å². The van der Waals surface area contributed by atoms with Crippen LogP contribution in [0.4, 0.5) is 0 Å². The van der Waals surface area contributed by atoms with Crippen molar-refractivity contribution < 1.29 is 19.1 Å². The van der Waals surface area contributed by atoms with E-state index in [1.165, 1.54) is 6.26 Å². The van der Waals surface area contributed by atoms with Gasteiger partial charge in [-0.2, -0.15) is 0 Å². The number of amides is 2. The van der Waals surface area contributed by atoms with Gasteiger partial charge in [-0.3, -0.25) is 9.59 Å². The molecule has 17 heavy (non-hydrogen) atoms. The summed E-state index contributed by atoms with van der Waals surface area (Å²) in [4.78, 5) is 22.2. The van der Waals surface area contributed by atoms with E-state index in [2.05, 4.69) is 10.6 Å². The van der Waals surface area contributed by atoms with E-state index in [0.717, 1.165) is 0 Å². The lowest BCUT2D eigenvalue weighted by Crippen LogP contribution is -2.40. The molecule has 6 nitrogen and oxygen atoms in total. The number of likely N-dealkylation sites (N-methyl/N-ethyl adjacent to an activating group) is 1. The Hall–Kier alpha value is -1.82. The minimum atomic E-state index is -0.778. The standard InChI is InChI=1S/C11H16N2O4/c1-2-12-10(15)11(16)13-6-5-8(14)9-4-3-7-17-9/h3-4,7-8,14H,2,5-6H2,1H3,(H,12,15)(H,13,16). The normalized spacial score (nSPS) is 11.9. The quantitative estimate of drug-likeness (QED) is 0.629. The summed E-state index contributed by atoms with van der Waals surface area (Å²) in [5, 5.41) is 14.4.